The van der Waals surface area contributed by atoms with Crippen molar-refractivity contribution in [1.29, 1.82) is 0 Å². The maximum atomic E-state index is 13.2. The van der Waals surface area contributed by atoms with Crippen molar-refractivity contribution in [1.82, 2.24) is 14.7 Å². The van der Waals surface area contributed by atoms with E-state index in [1.54, 1.807) is 9.58 Å². The highest BCUT2D eigenvalue weighted by atomic mass is 16.2. The number of anilines is 1. The number of amides is 2. The molecule has 3 rings (SSSR count). The molecule has 0 saturated carbocycles. The molecule has 0 aliphatic rings. The van der Waals surface area contributed by atoms with Gasteiger partial charge in [-0.05, 0) is 24.1 Å². The largest absolute Gasteiger partial charge is 0.329 e. The summed E-state index contributed by atoms with van der Waals surface area (Å²) in [5, 5.41) is 7.83. The summed E-state index contributed by atoms with van der Waals surface area (Å²) in [4.78, 5) is 28.0. The van der Waals surface area contributed by atoms with Gasteiger partial charge in [0.2, 0.25) is 11.8 Å². The lowest BCUT2D eigenvalue weighted by Crippen LogP contribution is -2.43. The van der Waals surface area contributed by atoms with Crippen LogP contribution in [0.5, 0.6) is 0 Å². The summed E-state index contributed by atoms with van der Waals surface area (Å²) in [7, 11) is 0. The molecule has 0 aliphatic carbocycles. The SMILES string of the molecule is Cc1ccccc1-n1nc(C(C)(C)C)cc1NC(=O)CN(Cc1ccccc1)C(=O)C(C)(C)C. The average Bonchev–Trinajstić information content (AvgIpc) is 3.17. The number of hydrogen-bond acceptors (Lipinski definition) is 3. The van der Waals surface area contributed by atoms with Crippen molar-refractivity contribution >= 4 is 17.6 Å². The second kappa shape index (κ2) is 9.84. The van der Waals surface area contributed by atoms with Gasteiger partial charge in [-0.25, -0.2) is 4.68 Å². The Balaban J connectivity index is 1.90. The van der Waals surface area contributed by atoms with E-state index in [4.69, 9.17) is 5.10 Å². The predicted molar refractivity (Wildman–Crippen MR) is 137 cm³/mol. The van der Waals surface area contributed by atoms with Gasteiger partial charge in [-0.2, -0.15) is 5.10 Å². The Morgan fingerprint density at radius 1 is 0.941 bits per heavy atom. The molecule has 6 heteroatoms. The Hall–Kier alpha value is -3.41. The Bertz CT molecular complexity index is 1150. The van der Waals surface area contributed by atoms with E-state index in [1.807, 2.05) is 88.4 Å². The molecule has 1 aromatic heterocycles. The molecule has 6 nitrogen and oxygen atoms in total. The molecule has 0 spiro atoms. The van der Waals surface area contributed by atoms with Crippen molar-refractivity contribution in [3.05, 3.63) is 77.5 Å². The molecule has 1 N–H and O–H groups in total. The van der Waals surface area contributed by atoms with Crippen LogP contribution in [0.3, 0.4) is 0 Å². The predicted octanol–water partition coefficient (Wildman–Crippen LogP) is 5.49. The van der Waals surface area contributed by atoms with Gasteiger partial charge in [0.25, 0.3) is 0 Å². The normalized spacial score (nSPS) is 11.9. The summed E-state index contributed by atoms with van der Waals surface area (Å²) in [6.45, 7) is 14.2. The Morgan fingerprint density at radius 3 is 2.15 bits per heavy atom. The molecular weight excluding hydrogens is 424 g/mol. The van der Waals surface area contributed by atoms with Crippen LogP contribution in [-0.2, 0) is 21.5 Å². The zero-order valence-electron chi connectivity index (χ0n) is 21.3. The van der Waals surface area contributed by atoms with Crippen LogP contribution < -0.4 is 5.32 Å². The minimum atomic E-state index is -0.600. The standard InChI is InChI=1S/C28H36N4O2/c1-20-13-11-12-16-22(20)32-24(17-23(30-32)27(2,3)4)29-25(33)19-31(26(34)28(5,6)7)18-21-14-9-8-10-15-21/h8-17H,18-19H2,1-7H3,(H,29,33). The first-order chi connectivity index (χ1) is 15.9. The van der Waals surface area contributed by atoms with E-state index in [1.165, 1.54) is 0 Å². The fourth-order valence-corrected chi connectivity index (χ4v) is 3.65. The molecule has 0 radical (unpaired) electrons. The van der Waals surface area contributed by atoms with E-state index < -0.39 is 5.41 Å². The molecule has 0 saturated heterocycles. The Kier molecular flexibility index (Phi) is 7.29. The average molecular weight is 461 g/mol. The Morgan fingerprint density at radius 2 is 1.56 bits per heavy atom. The third-order valence-electron chi connectivity index (χ3n) is 5.57. The summed E-state index contributed by atoms with van der Waals surface area (Å²) in [6, 6.07) is 19.6. The Labute approximate surface area is 203 Å². The van der Waals surface area contributed by atoms with E-state index in [2.05, 4.69) is 26.1 Å². The lowest BCUT2D eigenvalue weighted by molar-refractivity contribution is -0.142. The minimum Gasteiger partial charge on any atom is -0.329 e. The molecule has 0 atom stereocenters. The summed E-state index contributed by atoms with van der Waals surface area (Å²) in [5.74, 6) is 0.255. The molecule has 0 bridgehead atoms. The summed E-state index contributed by atoms with van der Waals surface area (Å²) >= 11 is 0. The van der Waals surface area contributed by atoms with E-state index in [9.17, 15) is 9.59 Å². The van der Waals surface area contributed by atoms with Crippen LogP contribution in [0.4, 0.5) is 5.82 Å². The van der Waals surface area contributed by atoms with E-state index in [0.717, 1.165) is 22.5 Å². The zero-order valence-corrected chi connectivity index (χ0v) is 21.3. The van der Waals surface area contributed by atoms with Crippen molar-refractivity contribution < 1.29 is 9.59 Å². The third kappa shape index (κ3) is 6.13. The van der Waals surface area contributed by atoms with E-state index in [0.29, 0.717) is 12.4 Å². The first-order valence-corrected chi connectivity index (χ1v) is 11.7. The molecule has 180 valence electrons. The number of aryl methyl sites for hydroxylation is 1. The summed E-state index contributed by atoms with van der Waals surface area (Å²) < 4.78 is 1.78. The first kappa shape index (κ1) is 25.2. The van der Waals surface area contributed by atoms with Crippen LogP contribution in [0, 0.1) is 12.3 Å². The fraction of sp³-hybridized carbons (Fsp3) is 0.393. The second-order valence-electron chi connectivity index (χ2n) is 10.8. The molecular formula is C28H36N4O2. The van der Waals surface area contributed by atoms with E-state index >= 15 is 0 Å². The molecule has 2 amide bonds. The van der Waals surface area contributed by atoms with Crippen LogP contribution in [0.1, 0.15) is 58.4 Å². The van der Waals surface area contributed by atoms with Gasteiger partial charge in [-0.1, -0.05) is 90.1 Å². The highest BCUT2D eigenvalue weighted by Gasteiger charge is 2.29. The van der Waals surface area contributed by atoms with E-state index in [-0.39, 0.29) is 23.8 Å². The lowest BCUT2D eigenvalue weighted by atomic mass is 9.92. The van der Waals surface area contributed by atoms with Gasteiger partial charge >= 0.3 is 0 Å². The number of rotatable bonds is 6. The third-order valence-corrected chi connectivity index (χ3v) is 5.57. The summed E-state index contributed by atoms with van der Waals surface area (Å²) in [6.07, 6.45) is 0. The second-order valence-corrected chi connectivity index (χ2v) is 10.8. The molecule has 0 fully saturated rings. The smallest absolute Gasteiger partial charge is 0.245 e. The van der Waals surface area contributed by atoms with Gasteiger partial charge in [0.05, 0.1) is 11.4 Å². The number of carbonyl (C=O) groups is 2. The van der Waals surface area contributed by atoms with Gasteiger partial charge in [-0.15, -0.1) is 0 Å². The number of nitrogens with one attached hydrogen (secondary N) is 1. The maximum absolute atomic E-state index is 13.2. The van der Waals surface area contributed by atoms with Crippen LogP contribution in [0.2, 0.25) is 0 Å². The van der Waals surface area contributed by atoms with Crippen molar-refractivity contribution in [2.75, 3.05) is 11.9 Å². The number of hydrogen-bond donors (Lipinski definition) is 1. The number of para-hydroxylation sites is 1. The van der Waals surface area contributed by atoms with Gasteiger partial charge in [-0.3, -0.25) is 9.59 Å². The van der Waals surface area contributed by atoms with Crippen LogP contribution >= 0.6 is 0 Å². The zero-order chi connectivity index (χ0) is 25.1. The fourth-order valence-electron chi connectivity index (χ4n) is 3.65. The minimum absolute atomic E-state index is 0.0468. The van der Waals surface area contributed by atoms with Gasteiger partial charge < -0.3 is 10.2 Å². The van der Waals surface area contributed by atoms with Crippen LogP contribution in [0.25, 0.3) is 5.69 Å². The monoisotopic (exact) mass is 460 g/mol. The van der Waals surface area contributed by atoms with Crippen LogP contribution in [0.15, 0.2) is 60.7 Å². The van der Waals surface area contributed by atoms with Crippen molar-refractivity contribution in [2.24, 2.45) is 5.41 Å². The molecule has 0 unspecified atom stereocenters. The lowest BCUT2D eigenvalue weighted by Gasteiger charge is -2.29. The van der Waals surface area contributed by atoms with Gasteiger partial charge in [0, 0.05) is 23.4 Å². The number of aromatic nitrogens is 2. The summed E-state index contributed by atoms with van der Waals surface area (Å²) in [5.41, 5.74) is 3.02. The molecule has 3 aromatic rings. The van der Waals surface area contributed by atoms with Gasteiger partial charge in [0.1, 0.15) is 12.4 Å². The van der Waals surface area contributed by atoms with Crippen LogP contribution in [-0.4, -0.2) is 33.0 Å². The van der Waals surface area contributed by atoms with Crippen molar-refractivity contribution in [3.8, 4) is 5.69 Å². The number of carbonyl (C=O) groups excluding carboxylic acids is 2. The highest BCUT2D eigenvalue weighted by Crippen LogP contribution is 2.27. The topological polar surface area (TPSA) is 67.2 Å². The quantitative estimate of drug-likeness (QED) is 0.529. The first-order valence-electron chi connectivity index (χ1n) is 11.7. The highest BCUT2D eigenvalue weighted by molar-refractivity contribution is 5.95. The molecule has 0 aliphatic heterocycles. The maximum Gasteiger partial charge on any atom is 0.245 e. The van der Waals surface area contributed by atoms with Crippen molar-refractivity contribution in [3.63, 3.8) is 0 Å². The van der Waals surface area contributed by atoms with Crippen molar-refractivity contribution in [2.45, 2.75) is 60.4 Å². The molecule has 34 heavy (non-hydrogen) atoms. The number of benzene rings is 2. The number of nitrogens with zero attached hydrogens (tertiary/aromatic N) is 3. The molecule has 1 heterocycles. The molecule has 2 aromatic carbocycles. The van der Waals surface area contributed by atoms with Gasteiger partial charge in [0.15, 0.2) is 0 Å².